The number of H-pyrrole nitrogens is 1. The van der Waals surface area contributed by atoms with Crippen LogP contribution in [0.2, 0.25) is 0 Å². The second-order valence-corrected chi connectivity index (χ2v) is 7.96. The highest BCUT2D eigenvalue weighted by Crippen LogP contribution is 2.13. The molecule has 0 aliphatic rings. The minimum absolute atomic E-state index is 0.190. The highest BCUT2D eigenvalue weighted by molar-refractivity contribution is 5.87. The fourth-order valence-electron chi connectivity index (χ4n) is 3.70. The van der Waals surface area contributed by atoms with E-state index in [4.69, 9.17) is 0 Å². The van der Waals surface area contributed by atoms with E-state index in [1.54, 1.807) is 16.8 Å². The van der Waals surface area contributed by atoms with Crippen molar-refractivity contribution in [2.24, 2.45) is 0 Å². The number of carbonyl (C=O) groups excluding carboxylic acids is 1. The van der Waals surface area contributed by atoms with Crippen LogP contribution in [0.3, 0.4) is 0 Å². The van der Waals surface area contributed by atoms with Gasteiger partial charge in [-0.1, -0.05) is 49.7 Å². The number of carbonyl (C=O) groups is 1. The number of fused-ring (bicyclic) bond motifs is 1. The lowest BCUT2D eigenvalue weighted by molar-refractivity contribution is -0.114. The van der Waals surface area contributed by atoms with E-state index in [-0.39, 0.29) is 23.7 Å². The summed E-state index contributed by atoms with van der Waals surface area (Å²) in [6.45, 7) is 4.16. The number of amides is 1. The molecular weight excluding hydrogens is 420 g/mol. The molecule has 1 amide bonds. The Balaban J connectivity index is 1.73. The summed E-state index contributed by atoms with van der Waals surface area (Å²) in [6, 6.07) is 13.0. The van der Waals surface area contributed by atoms with Crippen molar-refractivity contribution in [3.63, 3.8) is 0 Å². The molecule has 0 saturated carbocycles. The van der Waals surface area contributed by atoms with Crippen LogP contribution in [0.25, 0.3) is 11.2 Å². The highest BCUT2D eigenvalue weighted by Gasteiger charge is 2.17. The maximum absolute atomic E-state index is 13.2. The summed E-state index contributed by atoms with van der Waals surface area (Å²) in [5, 5.41) is 2.63. The van der Waals surface area contributed by atoms with E-state index in [2.05, 4.69) is 27.2 Å². The molecule has 0 unspecified atom stereocenters. The zero-order valence-electron chi connectivity index (χ0n) is 18.7. The van der Waals surface area contributed by atoms with E-state index in [0.29, 0.717) is 35.8 Å². The van der Waals surface area contributed by atoms with Crippen molar-refractivity contribution < 1.29 is 4.79 Å². The molecule has 4 aromatic rings. The Morgan fingerprint density at radius 2 is 1.85 bits per heavy atom. The number of nitrogens with zero attached hydrogens (tertiary/aromatic N) is 4. The van der Waals surface area contributed by atoms with Gasteiger partial charge in [-0.05, 0) is 23.6 Å². The number of aryl methyl sites for hydroxylation is 1. The van der Waals surface area contributed by atoms with Gasteiger partial charge in [-0.25, -0.2) is 14.8 Å². The number of benzene rings is 1. The summed E-state index contributed by atoms with van der Waals surface area (Å²) in [6.07, 6.45) is 3.77. The number of pyridine rings is 1. The summed E-state index contributed by atoms with van der Waals surface area (Å²) in [4.78, 5) is 49.6. The predicted molar refractivity (Wildman–Crippen MR) is 126 cm³/mol. The Labute approximate surface area is 190 Å². The van der Waals surface area contributed by atoms with Crippen LogP contribution < -0.4 is 16.6 Å². The fourth-order valence-corrected chi connectivity index (χ4v) is 3.70. The smallest absolute Gasteiger partial charge is 0.333 e. The zero-order chi connectivity index (χ0) is 23.4. The molecule has 4 rings (SSSR count). The number of unbranched alkanes of at least 4 members (excludes halogenated alkanes) is 1. The average molecular weight is 447 g/mol. The molecule has 1 aromatic carbocycles. The van der Waals surface area contributed by atoms with E-state index in [0.717, 1.165) is 24.0 Å². The monoisotopic (exact) mass is 446 g/mol. The predicted octanol–water partition coefficient (Wildman–Crippen LogP) is 2.68. The van der Waals surface area contributed by atoms with E-state index < -0.39 is 0 Å². The van der Waals surface area contributed by atoms with Crippen LogP contribution in [0.5, 0.6) is 0 Å². The van der Waals surface area contributed by atoms with Gasteiger partial charge in [0.25, 0.3) is 5.56 Å². The van der Waals surface area contributed by atoms with Gasteiger partial charge in [0.1, 0.15) is 17.2 Å². The van der Waals surface area contributed by atoms with Gasteiger partial charge in [-0.2, -0.15) is 0 Å². The van der Waals surface area contributed by atoms with Crippen LogP contribution in [0, 0.1) is 0 Å². The van der Waals surface area contributed by atoms with Gasteiger partial charge in [0, 0.05) is 26.1 Å². The summed E-state index contributed by atoms with van der Waals surface area (Å²) in [5.74, 6) is 0.843. The van der Waals surface area contributed by atoms with E-state index in [9.17, 15) is 14.4 Å². The number of imidazole rings is 1. The third-order valence-electron chi connectivity index (χ3n) is 5.33. The fraction of sp³-hybridized carbons (Fsp3) is 0.292. The lowest BCUT2D eigenvalue weighted by Crippen LogP contribution is -2.40. The van der Waals surface area contributed by atoms with Gasteiger partial charge >= 0.3 is 5.69 Å². The SMILES string of the molecule is CCCCn1c(=O)n(Cc2ccccc2)c(=O)c2[nH]c(Cc3ccc(NC(C)=O)nc3)nc21. The molecule has 33 heavy (non-hydrogen) atoms. The molecule has 9 heteroatoms. The third kappa shape index (κ3) is 4.92. The molecule has 9 nitrogen and oxygen atoms in total. The molecule has 0 fully saturated rings. The van der Waals surface area contributed by atoms with Crippen LogP contribution in [-0.4, -0.2) is 30.0 Å². The number of nitrogens with one attached hydrogen (secondary N) is 2. The van der Waals surface area contributed by atoms with Crippen molar-refractivity contribution in [2.45, 2.75) is 46.2 Å². The van der Waals surface area contributed by atoms with E-state index >= 15 is 0 Å². The first kappa shape index (κ1) is 22.2. The van der Waals surface area contributed by atoms with Crippen molar-refractivity contribution >= 4 is 22.9 Å². The Morgan fingerprint density at radius 1 is 1.06 bits per heavy atom. The molecule has 0 bridgehead atoms. The highest BCUT2D eigenvalue weighted by atomic mass is 16.2. The molecule has 3 aromatic heterocycles. The number of hydrogen-bond donors (Lipinski definition) is 2. The van der Waals surface area contributed by atoms with Gasteiger partial charge in [-0.15, -0.1) is 0 Å². The molecule has 0 aliphatic heterocycles. The molecule has 0 saturated heterocycles. The van der Waals surface area contributed by atoms with Gasteiger partial charge in [0.15, 0.2) is 5.65 Å². The number of aromatic amines is 1. The Hall–Kier alpha value is -4.01. The standard InChI is InChI=1S/C24H26N6O3/c1-3-4-12-29-22-21(23(32)30(24(29)33)15-17-8-6-5-7-9-17)27-20(28-22)13-18-10-11-19(25-14-18)26-16(2)31/h5-11,14H,3-4,12-13,15H2,1-2H3,(H,27,28)(H,25,26,31). The van der Waals surface area contributed by atoms with Crippen LogP contribution in [0.15, 0.2) is 58.3 Å². The average Bonchev–Trinajstić information content (AvgIpc) is 3.22. The second-order valence-electron chi connectivity index (χ2n) is 7.96. The lowest BCUT2D eigenvalue weighted by Gasteiger charge is -2.11. The summed E-state index contributed by atoms with van der Waals surface area (Å²) in [7, 11) is 0. The zero-order valence-corrected chi connectivity index (χ0v) is 18.7. The van der Waals surface area contributed by atoms with Gasteiger partial charge < -0.3 is 10.3 Å². The Morgan fingerprint density at radius 3 is 2.52 bits per heavy atom. The number of rotatable bonds is 8. The Bertz CT molecular complexity index is 1380. The molecule has 3 heterocycles. The van der Waals surface area contributed by atoms with Crippen LogP contribution in [0.4, 0.5) is 5.82 Å². The van der Waals surface area contributed by atoms with Crippen molar-refractivity contribution in [3.05, 3.63) is 86.5 Å². The molecule has 170 valence electrons. The maximum Gasteiger partial charge on any atom is 0.333 e. The van der Waals surface area contributed by atoms with E-state index in [1.165, 1.54) is 11.5 Å². The molecule has 0 radical (unpaired) electrons. The minimum atomic E-state index is -0.385. The maximum atomic E-state index is 13.2. The quantitative estimate of drug-likeness (QED) is 0.432. The summed E-state index contributed by atoms with van der Waals surface area (Å²) in [5.41, 5.74) is 1.69. The van der Waals surface area contributed by atoms with Crippen molar-refractivity contribution in [3.8, 4) is 0 Å². The van der Waals surface area contributed by atoms with Crippen LogP contribution >= 0.6 is 0 Å². The number of anilines is 1. The minimum Gasteiger partial charge on any atom is -0.336 e. The molecular formula is C24H26N6O3. The largest absolute Gasteiger partial charge is 0.336 e. The normalized spacial score (nSPS) is 11.1. The number of aromatic nitrogens is 5. The van der Waals surface area contributed by atoms with Crippen LogP contribution in [0.1, 0.15) is 43.6 Å². The van der Waals surface area contributed by atoms with Gasteiger partial charge in [0.05, 0.1) is 6.54 Å². The second kappa shape index (κ2) is 9.64. The summed E-state index contributed by atoms with van der Waals surface area (Å²) < 4.78 is 2.85. The molecule has 0 aliphatic carbocycles. The molecule has 0 spiro atoms. The van der Waals surface area contributed by atoms with Crippen molar-refractivity contribution in [2.75, 3.05) is 5.32 Å². The molecule has 2 N–H and O–H groups in total. The van der Waals surface area contributed by atoms with Gasteiger partial charge in [0.2, 0.25) is 5.91 Å². The lowest BCUT2D eigenvalue weighted by atomic mass is 10.2. The third-order valence-corrected chi connectivity index (χ3v) is 5.33. The first-order valence-corrected chi connectivity index (χ1v) is 10.9. The van der Waals surface area contributed by atoms with Crippen molar-refractivity contribution in [1.29, 1.82) is 0 Å². The summed E-state index contributed by atoms with van der Waals surface area (Å²) >= 11 is 0. The first-order valence-electron chi connectivity index (χ1n) is 10.9. The topological polar surface area (TPSA) is 115 Å². The van der Waals surface area contributed by atoms with Crippen LogP contribution in [-0.2, 0) is 24.3 Å². The van der Waals surface area contributed by atoms with E-state index in [1.807, 2.05) is 36.4 Å². The van der Waals surface area contributed by atoms with Gasteiger partial charge in [-0.3, -0.25) is 18.7 Å². The number of hydrogen-bond acceptors (Lipinski definition) is 5. The van der Waals surface area contributed by atoms with Crippen molar-refractivity contribution in [1.82, 2.24) is 24.1 Å². The first-order chi connectivity index (χ1) is 16.0. The molecule has 0 atom stereocenters. The Kier molecular flexibility index (Phi) is 6.48.